The number of carbonyl (C=O) groups is 3. The van der Waals surface area contributed by atoms with Crippen LogP contribution in [-0.4, -0.2) is 81.1 Å². The molecule has 1 N–H and O–H groups in total. The smallest absolute Gasteiger partial charge is 0.311 e. The zero-order valence-corrected chi connectivity index (χ0v) is 20.1. The summed E-state index contributed by atoms with van der Waals surface area (Å²) in [7, 11) is 0. The summed E-state index contributed by atoms with van der Waals surface area (Å²) in [5.74, 6) is -1.81. The lowest BCUT2D eigenvalue weighted by molar-refractivity contribution is -0.154. The van der Waals surface area contributed by atoms with E-state index in [4.69, 9.17) is 4.74 Å². The van der Waals surface area contributed by atoms with E-state index in [9.17, 15) is 19.5 Å². The number of thioether (sulfide) groups is 1. The number of nitrogens with zero attached hydrogens (tertiary/aromatic N) is 2. The molecule has 0 aromatic carbocycles. The van der Waals surface area contributed by atoms with Gasteiger partial charge in [-0.25, -0.2) is 0 Å². The fraction of sp³-hybridized carbons (Fsp3) is 0.708. The fourth-order valence-electron chi connectivity index (χ4n) is 5.74. The SMILES string of the molecule is C=CCOC(=O)[C@H]1[C@H]2C(=O)N(CCCO)C(C(=O)N(CC=C)CCCC)C23CC[C@]1(C)S3. The van der Waals surface area contributed by atoms with E-state index in [1.54, 1.807) is 27.6 Å². The highest BCUT2D eigenvalue weighted by Gasteiger charge is 2.77. The average Bonchev–Trinajstić information content (AvgIpc) is 3.33. The molecule has 2 bridgehead atoms. The van der Waals surface area contributed by atoms with Gasteiger partial charge in [0, 0.05) is 31.0 Å². The number of ether oxygens (including phenoxy) is 1. The molecule has 2 amide bonds. The van der Waals surface area contributed by atoms with Crippen molar-refractivity contribution in [1.29, 1.82) is 0 Å². The standard InChI is InChI=1S/C24H36N2O5S/c1-5-8-13-25(12-6-2)21(29)19-24-11-10-23(4,32-24)18(22(30)31-16-7-3)17(24)20(28)26(19)14-9-15-27/h6-7,17-19,27H,2-3,5,8-16H2,1,4H3/t17-,18+,19?,23-,24?/m0/s1. The summed E-state index contributed by atoms with van der Waals surface area (Å²) in [6.45, 7) is 12.9. The summed E-state index contributed by atoms with van der Waals surface area (Å²) < 4.78 is 4.32. The lowest BCUT2D eigenvalue weighted by Crippen LogP contribution is -2.55. The Bertz CT molecular complexity index is 773. The van der Waals surface area contributed by atoms with Crippen molar-refractivity contribution in [2.45, 2.75) is 61.5 Å². The molecule has 178 valence electrons. The normalized spacial score (nSPS) is 32.7. The van der Waals surface area contributed by atoms with Crippen LogP contribution in [0, 0.1) is 11.8 Å². The van der Waals surface area contributed by atoms with Crippen LogP contribution < -0.4 is 0 Å². The van der Waals surface area contributed by atoms with Crippen LogP contribution in [0.25, 0.3) is 0 Å². The average molecular weight is 465 g/mol. The van der Waals surface area contributed by atoms with Crippen LogP contribution in [0.4, 0.5) is 0 Å². The van der Waals surface area contributed by atoms with E-state index in [1.165, 1.54) is 6.08 Å². The number of rotatable bonds is 12. The molecule has 5 atom stereocenters. The number of fused-ring (bicyclic) bond motifs is 1. The zero-order chi connectivity index (χ0) is 23.5. The molecule has 32 heavy (non-hydrogen) atoms. The molecule has 3 aliphatic rings. The van der Waals surface area contributed by atoms with Crippen LogP contribution in [-0.2, 0) is 19.1 Å². The summed E-state index contributed by atoms with van der Waals surface area (Å²) in [6, 6.07) is -0.646. The van der Waals surface area contributed by atoms with E-state index in [-0.39, 0.29) is 31.0 Å². The van der Waals surface area contributed by atoms with Crippen LogP contribution in [0.1, 0.15) is 46.0 Å². The molecule has 3 rings (SSSR count). The van der Waals surface area contributed by atoms with Crippen molar-refractivity contribution < 1.29 is 24.2 Å². The second kappa shape index (κ2) is 10.00. The highest BCUT2D eigenvalue weighted by molar-refractivity contribution is 8.02. The van der Waals surface area contributed by atoms with Gasteiger partial charge in [0.25, 0.3) is 0 Å². The monoisotopic (exact) mass is 464 g/mol. The molecule has 7 nitrogen and oxygen atoms in total. The molecule has 3 heterocycles. The minimum Gasteiger partial charge on any atom is -0.461 e. The first-order valence-corrected chi connectivity index (χ1v) is 12.4. The molecule has 2 unspecified atom stereocenters. The van der Waals surface area contributed by atoms with Gasteiger partial charge in [-0.2, -0.15) is 0 Å². The topological polar surface area (TPSA) is 87.1 Å². The van der Waals surface area contributed by atoms with Crippen LogP contribution in [0.15, 0.2) is 25.3 Å². The Morgan fingerprint density at radius 3 is 2.69 bits per heavy atom. The lowest BCUT2D eigenvalue weighted by atomic mass is 9.66. The van der Waals surface area contributed by atoms with E-state index in [0.29, 0.717) is 32.5 Å². The summed E-state index contributed by atoms with van der Waals surface area (Å²) >= 11 is 1.63. The molecule has 0 aromatic heterocycles. The van der Waals surface area contributed by atoms with Gasteiger partial charge < -0.3 is 19.6 Å². The number of carbonyl (C=O) groups excluding carboxylic acids is 3. The number of hydrogen-bond donors (Lipinski definition) is 1. The van der Waals surface area contributed by atoms with E-state index in [1.807, 2.05) is 6.92 Å². The van der Waals surface area contributed by atoms with E-state index in [2.05, 4.69) is 20.1 Å². The van der Waals surface area contributed by atoms with Crippen LogP contribution in [0.5, 0.6) is 0 Å². The third-order valence-electron chi connectivity index (χ3n) is 7.11. The lowest BCUT2D eigenvalue weighted by Gasteiger charge is -2.37. The second-order valence-electron chi connectivity index (χ2n) is 9.18. The van der Waals surface area contributed by atoms with Gasteiger partial charge in [-0.1, -0.05) is 32.1 Å². The first kappa shape index (κ1) is 24.8. The maximum atomic E-state index is 13.9. The second-order valence-corrected chi connectivity index (χ2v) is 11.1. The number of likely N-dealkylation sites (tertiary alicyclic amines) is 1. The van der Waals surface area contributed by atoms with Crippen molar-refractivity contribution in [1.82, 2.24) is 9.80 Å². The fourth-order valence-corrected chi connectivity index (χ4v) is 8.08. The van der Waals surface area contributed by atoms with Crippen molar-refractivity contribution in [3.05, 3.63) is 25.3 Å². The third kappa shape index (κ3) is 4.00. The quantitative estimate of drug-likeness (QED) is 0.353. The molecule has 3 saturated heterocycles. The van der Waals surface area contributed by atoms with Gasteiger partial charge in [0.05, 0.1) is 16.6 Å². The highest BCUT2D eigenvalue weighted by atomic mass is 32.2. The van der Waals surface area contributed by atoms with E-state index >= 15 is 0 Å². The molecule has 0 saturated carbocycles. The van der Waals surface area contributed by atoms with Crippen LogP contribution >= 0.6 is 11.8 Å². The van der Waals surface area contributed by atoms with Crippen LogP contribution in [0.3, 0.4) is 0 Å². The van der Waals surface area contributed by atoms with Gasteiger partial charge in [-0.15, -0.1) is 18.3 Å². The van der Waals surface area contributed by atoms with Gasteiger partial charge >= 0.3 is 5.97 Å². The van der Waals surface area contributed by atoms with Crippen molar-refractivity contribution in [2.24, 2.45) is 11.8 Å². The Balaban J connectivity index is 2.01. The van der Waals surface area contributed by atoms with Crippen LogP contribution in [0.2, 0.25) is 0 Å². The zero-order valence-electron chi connectivity index (χ0n) is 19.3. The Hall–Kier alpha value is -1.80. The summed E-state index contributed by atoms with van der Waals surface area (Å²) in [6.07, 6.45) is 6.91. The molecule has 0 aromatic rings. The molecular weight excluding hydrogens is 428 g/mol. The first-order chi connectivity index (χ1) is 15.3. The number of hydrogen-bond acceptors (Lipinski definition) is 6. The molecule has 0 radical (unpaired) electrons. The van der Waals surface area contributed by atoms with Gasteiger partial charge in [0.1, 0.15) is 12.6 Å². The van der Waals surface area contributed by atoms with E-state index in [0.717, 1.165) is 19.3 Å². The molecule has 3 fully saturated rings. The maximum Gasteiger partial charge on any atom is 0.311 e. The predicted octanol–water partition coefficient (Wildman–Crippen LogP) is 2.39. The summed E-state index contributed by atoms with van der Waals surface area (Å²) in [4.78, 5) is 44.1. The predicted molar refractivity (Wildman–Crippen MR) is 125 cm³/mol. The highest BCUT2D eigenvalue weighted by Crippen LogP contribution is 2.71. The van der Waals surface area contributed by atoms with Gasteiger partial charge in [-0.05, 0) is 32.6 Å². The largest absolute Gasteiger partial charge is 0.461 e. The van der Waals surface area contributed by atoms with Gasteiger partial charge in [-0.3, -0.25) is 14.4 Å². The van der Waals surface area contributed by atoms with Crippen molar-refractivity contribution in [3.63, 3.8) is 0 Å². The Morgan fingerprint density at radius 1 is 1.31 bits per heavy atom. The number of unbranched alkanes of at least 4 members (excludes halogenated alkanes) is 1. The Labute approximate surface area is 195 Å². The number of aliphatic hydroxyl groups excluding tert-OH is 1. The van der Waals surface area contributed by atoms with E-state index < -0.39 is 27.4 Å². The minimum atomic E-state index is -0.651. The summed E-state index contributed by atoms with van der Waals surface area (Å²) in [5.41, 5.74) is 0. The van der Waals surface area contributed by atoms with Crippen molar-refractivity contribution in [2.75, 3.05) is 32.8 Å². The van der Waals surface area contributed by atoms with Crippen molar-refractivity contribution >= 4 is 29.5 Å². The third-order valence-corrected chi connectivity index (χ3v) is 9.09. The molecule has 0 aliphatic carbocycles. The molecular formula is C24H36N2O5S. The summed E-state index contributed by atoms with van der Waals surface area (Å²) in [5, 5.41) is 9.42. The number of esters is 1. The Kier molecular flexibility index (Phi) is 7.76. The molecule has 8 heteroatoms. The van der Waals surface area contributed by atoms with Gasteiger partial charge in [0.15, 0.2) is 0 Å². The number of amides is 2. The van der Waals surface area contributed by atoms with Crippen molar-refractivity contribution in [3.8, 4) is 0 Å². The first-order valence-electron chi connectivity index (χ1n) is 11.6. The number of aliphatic hydroxyl groups is 1. The Morgan fingerprint density at radius 2 is 2.06 bits per heavy atom. The molecule has 3 aliphatic heterocycles. The maximum absolute atomic E-state index is 13.9. The molecule has 1 spiro atoms. The minimum absolute atomic E-state index is 0.0653. The van der Waals surface area contributed by atoms with Gasteiger partial charge in [0.2, 0.25) is 11.8 Å².